The molecule has 0 fully saturated rings. The second-order valence-corrected chi connectivity index (χ2v) is 7.91. The van der Waals surface area contributed by atoms with Gasteiger partial charge in [-0.15, -0.1) is 6.58 Å². The monoisotopic (exact) mass is 508 g/mol. The normalized spacial score (nSPS) is 10.4. The maximum Gasteiger partial charge on any atom is 0.261 e. The van der Waals surface area contributed by atoms with Crippen molar-refractivity contribution in [2.75, 3.05) is 0 Å². The van der Waals surface area contributed by atoms with E-state index in [-0.39, 0.29) is 11.1 Å². The van der Waals surface area contributed by atoms with Crippen LogP contribution in [0.5, 0.6) is 0 Å². The number of aromatic nitrogens is 8. The lowest BCUT2D eigenvalue weighted by atomic mass is 10.1. The summed E-state index contributed by atoms with van der Waals surface area (Å²) in [4.78, 5) is 42.6. The minimum absolute atomic E-state index is 0.180. The van der Waals surface area contributed by atoms with Gasteiger partial charge in [0.05, 0.1) is 58.8 Å². The summed E-state index contributed by atoms with van der Waals surface area (Å²) in [5.41, 5.74) is 0.540. The second-order valence-electron chi connectivity index (χ2n) is 7.47. The molecule has 0 atom stereocenters. The van der Waals surface area contributed by atoms with E-state index >= 15 is 0 Å². The fraction of sp³-hybridized carbons (Fsp3) is 0.208. The van der Waals surface area contributed by atoms with Crippen molar-refractivity contribution in [2.24, 2.45) is 0 Å². The number of benzene rings is 1. The largest absolute Gasteiger partial charge is 0.307 e. The lowest BCUT2D eigenvalue weighted by Crippen LogP contribution is -2.25. The molecule has 11 nitrogen and oxygen atoms in total. The highest BCUT2D eigenvalue weighted by Gasteiger charge is 2.11. The Kier molecular flexibility index (Phi) is 9.01. The first-order valence-electron chi connectivity index (χ1n) is 10.9. The molecule has 0 radical (unpaired) electrons. The molecule has 5 aromatic rings. The average molecular weight is 509 g/mol. The number of fused-ring (bicyclic) bond motifs is 2. The van der Waals surface area contributed by atoms with Gasteiger partial charge in [0.1, 0.15) is 6.79 Å². The summed E-state index contributed by atoms with van der Waals surface area (Å²) in [7, 11) is 0. The molecule has 0 amide bonds. The Hall–Kier alpha value is -4.38. The van der Waals surface area contributed by atoms with Crippen LogP contribution in [0.15, 0.2) is 77.9 Å². The van der Waals surface area contributed by atoms with E-state index in [0.717, 1.165) is 0 Å². The molecular weight excluding hydrogens is 484 g/mol. The second kappa shape index (κ2) is 12.4. The summed E-state index contributed by atoms with van der Waals surface area (Å²) < 4.78 is 6.45. The van der Waals surface area contributed by atoms with Gasteiger partial charge in [-0.2, -0.15) is 10.2 Å². The zero-order valence-electron chi connectivity index (χ0n) is 19.7. The molecule has 0 saturated heterocycles. The van der Waals surface area contributed by atoms with Crippen LogP contribution in [-0.2, 0) is 31.0 Å². The Labute approximate surface area is 210 Å². The first kappa shape index (κ1) is 26.2. The zero-order valence-corrected chi connectivity index (χ0v) is 20.5. The topological polar surface area (TPSA) is 122 Å². The standard InChI is InChI=1S/C20H17ClN8O2.C3H6.CH2O/c21-14-10-25-29(11-14)7-5-27-13-23-18-8-15-17(9-16(18)20(27)31)22-12-26(19(15)30)4-6-28-3-1-2-24-28;1-3-2;1-2/h1-3,8-13H,4-7H2;3H,1H2,2H3;1H2. The summed E-state index contributed by atoms with van der Waals surface area (Å²) in [6.45, 7) is 9.11. The number of hydrogen-bond acceptors (Lipinski definition) is 7. The quantitative estimate of drug-likeness (QED) is 0.255. The van der Waals surface area contributed by atoms with Gasteiger partial charge in [0.15, 0.2) is 0 Å². The number of aryl methyl sites for hydroxylation is 4. The van der Waals surface area contributed by atoms with Crippen LogP contribution in [0.25, 0.3) is 21.8 Å². The van der Waals surface area contributed by atoms with Gasteiger partial charge in [0.25, 0.3) is 11.1 Å². The number of carbonyl (C=O) groups is 1. The Morgan fingerprint density at radius 3 is 1.86 bits per heavy atom. The molecule has 186 valence electrons. The van der Waals surface area contributed by atoms with E-state index in [1.54, 1.807) is 46.2 Å². The van der Waals surface area contributed by atoms with E-state index in [4.69, 9.17) is 16.4 Å². The Balaban J connectivity index is 0.000000674. The van der Waals surface area contributed by atoms with Gasteiger partial charge >= 0.3 is 0 Å². The predicted molar refractivity (Wildman–Crippen MR) is 138 cm³/mol. The van der Waals surface area contributed by atoms with Crippen LogP contribution in [-0.4, -0.2) is 45.5 Å². The summed E-state index contributed by atoms with van der Waals surface area (Å²) in [5, 5.41) is 9.62. The maximum absolute atomic E-state index is 12.9. The smallest absolute Gasteiger partial charge is 0.261 e. The van der Waals surface area contributed by atoms with Gasteiger partial charge in [-0.05, 0) is 25.1 Å². The zero-order chi connectivity index (χ0) is 26.1. The molecule has 1 aromatic carbocycles. The molecule has 0 aliphatic carbocycles. The number of rotatable bonds is 6. The van der Waals surface area contributed by atoms with Gasteiger partial charge in [-0.3, -0.25) is 28.1 Å². The Bertz CT molecular complexity index is 1570. The molecule has 4 heterocycles. The van der Waals surface area contributed by atoms with Crippen LogP contribution in [0, 0.1) is 0 Å². The van der Waals surface area contributed by atoms with Crippen molar-refractivity contribution in [1.29, 1.82) is 0 Å². The predicted octanol–water partition coefficient (Wildman–Crippen LogP) is 2.56. The third-order valence-electron chi connectivity index (χ3n) is 5.07. The van der Waals surface area contributed by atoms with E-state index in [0.29, 0.717) is 53.0 Å². The average Bonchev–Trinajstić information content (AvgIpc) is 3.56. The number of carbonyl (C=O) groups excluding carboxylic acids is 1. The molecule has 0 bridgehead atoms. The number of hydrogen-bond donors (Lipinski definition) is 0. The fourth-order valence-corrected chi connectivity index (χ4v) is 3.60. The third kappa shape index (κ3) is 5.99. The van der Waals surface area contributed by atoms with Crippen molar-refractivity contribution in [3.05, 3.63) is 94.0 Å². The molecular formula is C24H25ClN8O3. The number of halogens is 1. The van der Waals surface area contributed by atoms with E-state index in [2.05, 4.69) is 26.7 Å². The van der Waals surface area contributed by atoms with Crippen LogP contribution in [0.2, 0.25) is 5.02 Å². The minimum atomic E-state index is -0.199. The fourth-order valence-electron chi connectivity index (χ4n) is 3.44. The summed E-state index contributed by atoms with van der Waals surface area (Å²) in [6.07, 6.45) is 11.5. The maximum atomic E-state index is 12.9. The van der Waals surface area contributed by atoms with E-state index in [1.165, 1.54) is 21.8 Å². The summed E-state index contributed by atoms with van der Waals surface area (Å²) in [5.74, 6) is 0. The van der Waals surface area contributed by atoms with Crippen LogP contribution in [0.1, 0.15) is 6.92 Å². The van der Waals surface area contributed by atoms with Crippen LogP contribution >= 0.6 is 11.6 Å². The molecule has 5 rings (SSSR count). The molecule has 0 unspecified atom stereocenters. The van der Waals surface area contributed by atoms with Gasteiger partial charge < -0.3 is 4.79 Å². The highest BCUT2D eigenvalue weighted by Crippen LogP contribution is 2.14. The van der Waals surface area contributed by atoms with Crippen LogP contribution in [0.4, 0.5) is 0 Å². The highest BCUT2D eigenvalue weighted by atomic mass is 35.5. The van der Waals surface area contributed by atoms with Gasteiger partial charge in [0.2, 0.25) is 0 Å². The number of allylic oxidation sites excluding steroid dienone is 1. The van der Waals surface area contributed by atoms with Gasteiger partial charge in [0, 0.05) is 31.7 Å². The molecule has 0 saturated carbocycles. The molecule has 0 N–H and O–H groups in total. The van der Waals surface area contributed by atoms with E-state index in [1.807, 2.05) is 26.0 Å². The van der Waals surface area contributed by atoms with Crippen LogP contribution in [0.3, 0.4) is 0 Å². The SMILES string of the molecule is C=CC.C=O.O=c1c2cc3ncn(CCn4cc(Cl)cn4)c(=O)c3cc2ncn1CCn1cccn1. The lowest BCUT2D eigenvalue weighted by Gasteiger charge is -2.09. The molecule has 36 heavy (non-hydrogen) atoms. The van der Waals surface area contributed by atoms with Gasteiger partial charge in [-0.1, -0.05) is 17.7 Å². The molecule has 4 aromatic heterocycles. The van der Waals surface area contributed by atoms with E-state index in [9.17, 15) is 9.59 Å². The molecule has 0 aliphatic heterocycles. The first-order chi connectivity index (χ1) is 17.5. The first-order valence-corrected chi connectivity index (χ1v) is 11.3. The van der Waals surface area contributed by atoms with Crippen molar-refractivity contribution < 1.29 is 4.79 Å². The van der Waals surface area contributed by atoms with Gasteiger partial charge in [-0.25, -0.2) is 9.97 Å². The van der Waals surface area contributed by atoms with E-state index < -0.39 is 0 Å². The number of nitrogens with zero attached hydrogens (tertiary/aromatic N) is 8. The summed E-state index contributed by atoms with van der Waals surface area (Å²) in [6, 6.07) is 5.08. The Morgan fingerprint density at radius 1 is 0.889 bits per heavy atom. The molecule has 12 heteroatoms. The highest BCUT2D eigenvalue weighted by molar-refractivity contribution is 6.30. The van der Waals surface area contributed by atoms with Crippen LogP contribution < -0.4 is 11.1 Å². The van der Waals surface area contributed by atoms with Crippen molar-refractivity contribution in [1.82, 2.24) is 38.7 Å². The van der Waals surface area contributed by atoms with Crippen molar-refractivity contribution in [3.8, 4) is 0 Å². The minimum Gasteiger partial charge on any atom is -0.307 e. The Morgan fingerprint density at radius 2 is 1.42 bits per heavy atom. The lowest BCUT2D eigenvalue weighted by molar-refractivity contribution is -0.0979. The van der Waals surface area contributed by atoms with Crippen molar-refractivity contribution >= 4 is 40.2 Å². The molecule has 0 aliphatic rings. The molecule has 0 spiro atoms. The van der Waals surface area contributed by atoms with Crippen molar-refractivity contribution in [2.45, 2.75) is 33.1 Å². The third-order valence-corrected chi connectivity index (χ3v) is 5.27. The summed E-state index contributed by atoms with van der Waals surface area (Å²) >= 11 is 5.87. The van der Waals surface area contributed by atoms with Crippen molar-refractivity contribution in [3.63, 3.8) is 0 Å².